The van der Waals surface area contributed by atoms with Crippen molar-refractivity contribution < 1.29 is 8.42 Å². The lowest BCUT2D eigenvalue weighted by atomic mass is 10.2. The molecule has 9 heteroatoms. The van der Waals surface area contributed by atoms with Gasteiger partial charge < -0.3 is 0 Å². The molecule has 0 fully saturated rings. The van der Waals surface area contributed by atoms with Crippen molar-refractivity contribution in [3.63, 3.8) is 0 Å². The molecule has 0 atom stereocenters. The topological polar surface area (TPSA) is 97.2 Å². The van der Waals surface area contributed by atoms with Gasteiger partial charge in [-0.1, -0.05) is 19.1 Å². The van der Waals surface area contributed by atoms with Crippen LogP contribution in [0.3, 0.4) is 0 Å². The Kier molecular flexibility index (Phi) is 3.29. The standard InChI is InChI=1S/C15H12N4O3S2/c1-2-9-3-5-10(6-4-9)24(21,22)15-13-16-14(20)12-11(7-8-23-12)19(13)18-17-15/h3-8,18H,2H2,1H3. The lowest BCUT2D eigenvalue weighted by molar-refractivity contribution is 0.592. The molecule has 0 saturated carbocycles. The van der Waals surface area contributed by atoms with E-state index in [0.717, 1.165) is 12.0 Å². The minimum absolute atomic E-state index is 0.00506. The summed E-state index contributed by atoms with van der Waals surface area (Å²) in [7, 11) is -3.88. The summed E-state index contributed by atoms with van der Waals surface area (Å²) >= 11 is 1.25. The molecule has 4 rings (SSSR count). The first-order valence-corrected chi connectivity index (χ1v) is 9.57. The quantitative estimate of drug-likeness (QED) is 0.603. The van der Waals surface area contributed by atoms with Gasteiger partial charge in [0.2, 0.25) is 14.9 Å². The molecule has 1 aromatic carbocycles. The van der Waals surface area contributed by atoms with E-state index in [-0.39, 0.29) is 15.6 Å². The number of H-pyrrole nitrogens is 1. The molecule has 0 aliphatic heterocycles. The number of rotatable bonds is 3. The third-order valence-electron chi connectivity index (χ3n) is 3.84. The molecule has 3 aromatic heterocycles. The number of hydrogen-bond acceptors (Lipinski definition) is 6. The van der Waals surface area contributed by atoms with Crippen LogP contribution in [0.4, 0.5) is 0 Å². The van der Waals surface area contributed by atoms with E-state index >= 15 is 0 Å². The van der Waals surface area contributed by atoms with Gasteiger partial charge in [0.25, 0.3) is 5.56 Å². The van der Waals surface area contributed by atoms with E-state index < -0.39 is 15.4 Å². The Morgan fingerprint density at radius 1 is 1.21 bits per heavy atom. The second-order valence-corrected chi connectivity index (χ2v) is 8.01. The molecule has 4 aromatic rings. The van der Waals surface area contributed by atoms with Gasteiger partial charge in [0, 0.05) is 0 Å². The third kappa shape index (κ3) is 2.09. The molecule has 7 nitrogen and oxygen atoms in total. The van der Waals surface area contributed by atoms with Crippen LogP contribution >= 0.6 is 11.3 Å². The van der Waals surface area contributed by atoms with Gasteiger partial charge in [-0.05, 0) is 35.6 Å². The Labute approximate surface area is 140 Å². The van der Waals surface area contributed by atoms with Crippen molar-refractivity contribution in [3.05, 3.63) is 51.6 Å². The Hall–Kier alpha value is -2.52. The third-order valence-corrected chi connectivity index (χ3v) is 6.41. The Morgan fingerprint density at radius 2 is 1.96 bits per heavy atom. The number of aromatic amines is 1. The van der Waals surface area contributed by atoms with Crippen LogP contribution in [0.1, 0.15) is 12.5 Å². The monoisotopic (exact) mass is 360 g/mol. The summed E-state index contributed by atoms with van der Waals surface area (Å²) in [4.78, 5) is 16.1. The number of thiophene rings is 1. The molecule has 0 aliphatic carbocycles. The maximum Gasteiger partial charge on any atom is 0.291 e. The average Bonchev–Trinajstić information content (AvgIpc) is 3.21. The highest BCUT2D eigenvalue weighted by Crippen LogP contribution is 2.24. The smallest absolute Gasteiger partial charge is 0.266 e. The van der Waals surface area contributed by atoms with Crippen molar-refractivity contribution in [2.45, 2.75) is 23.3 Å². The van der Waals surface area contributed by atoms with Gasteiger partial charge in [-0.3, -0.25) is 4.79 Å². The number of fused-ring (bicyclic) bond motifs is 3. The first-order valence-electron chi connectivity index (χ1n) is 7.20. The number of aryl methyl sites for hydroxylation is 1. The SMILES string of the molecule is CCc1ccc(S(=O)(=O)c2n[nH]n3c2nc(=O)c2sccc23)cc1. The minimum Gasteiger partial charge on any atom is -0.266 e. The highest BCUT2D eigenvalue weighted by molar-refractivity contribution is 7.91. The van der Waals surface area contributed by atoms with Crippen LogP contribution in [0.5, 0.6) is 0 Å². The predicted octanol–water partition coefficient (Wildman–Crippen LogP) is 2.03. The van der Waals surface area contributed by atoms with Crippen molar-refractivity contribution in [1.29, 1.82) is 0 Å². The molecule has 0 spiro atoms. The van der Waals surface area contributed by atoms with E-state index in [1.807, 2.05) is 6.92 Å². The summed E-state index contributed by atoms with van der Waals surface area (Å²) in [6, 6.07) is 8.33. The van der Waals surface area contributed by atoms with E-state index in [1.54, 1.807) is 35.7 Å². The van der Waals surface area contributed by atoms with Crippen LogP contribution in [-0.4, -0.2) is 28.2 Å². The minimum atomic E-state index is -3.88. The second kappa shape index (κ2) is 5.25. The zero-order valence-corrected chi connectivity index (χ0v) is 14.2. The maximum absolute atomic E-state index is 12.9. The van der Waals surface area contributed by atoms with Crippen LogP contribution in [0.25, 0.3) is 15.9 Å². The fourth-order valence-corrected chi connectivity index (χ4v) is 4.55. The fourth-order valence-electron chi connectivity index (χ4n) is 2.54. The molecule has 3 heterocycles. The molecule has 0 radical (unpaired) electrons. The van der Waals surface area contributed by atoms with Gasteiger partial charge in [0.1, 0.15) is 4.70 Å². The first kappa shape index (κ1) is 15.0. The van der Waals surface area contributed by atoms with Crippen LogP contribution in [0, 0.1) is 0 Å². The van der Waals surface area contributed by atoms with Gasteiger partial charge in [-0.15, -0.1) is 16.4 Å². The Morgan fingerprint density at radius 3 is 2.67 bits per heavy atom. The molecule has 0 amide bonds. The van der Waals surface area contributed by atoms with Crippen LogP contribution in [0.15, 0.2) is 50.4 Å². The second-order valence-electron chi connectivity index (χ2n) is 5.23. The van der Waals surface area contributed by atoms with Crippen LogP contribution < -0.4 is 5.56 Å². The molecular weight excluding hydrogens is 348 g/mol. The van der Waals surface area contributed by atoms with Crippen molar-refractivity contribution in [3.8, 4) is 0 Å². The molecule has 0 unspecified atom stereocenters. The summed E-state index contributed by atoms with van der Waals surface area (Å²) in [5.74, 6) is 0. The largest absolute Gasteiger partial charge is 0.291 e. The highest BCUT2D eigenvalue weighted by atomic mass is 32.2. The van der Waals surface area contributed by atoms with Gasteiger partial charge in [0.05, 0.1) is 10.4 Å². The molecule has 0 aliphatic rings. The molecule has 0 saturated heterocycles. The highest BCUT2D eigenvalue weighted by Gasteiger charge is 2.26. The van der Waals surface area contributed by atoms with Crippen molar-refractivity contribution in [2.75, 3.05) is 0 Å². The van der Waals surface area contributed by atoms with E-state index in [2.05, 4.69) is 15.3 Å². The number of sulfone groups is 1. The number of nitrogens with zero attached hydrogens (tertiary/aromatic N) is 3. The van der Waals surface area contributed by atoms with Crippen molar-refractivity contribution in [1.82, 2.24) is 19.8 Å². The maximum atomic E-state index is 12.9. The van der Waals surface area contributed by atoms with Gasteiger partial charge in [-0.25, -0.2) is 18.1 Å². The fraction of sp³-hybridized carbons (Fsp3) is 0.133. The predicted molar refractivity (Wildman–Crippen MR) is 90.3 cm³/mol. The van der Waals surface area contributed by atoms with E-state index in [9.17, 15) is 13.2 Å². The van der Waals surface area contributed by atoms with Gasteiger partial charge in [-0.2, -0.15) is 4.98 Å². The molecule has 1 N–H and O–H groups in total. The molecule has 122 valence electrons. The van der Waals surface area contributed by atoms with Crippen LogP contribution in [-0.2, 0) is 16.3 Å². The Balaban J connectivity index is 1.98. The zero-order chi connectivity index (χ0) is 16.9. The summed E-state index contributed by atoms with van der Waals surface area (Å²) in [6.07, 6.45) is 0.818. The summed E-state index contributed by atoms with van der Waals surface area (Å²) < 4.78 is 27.6. The number of aromatic nitrogens is 4. The van der Waals surface area contributed by atoms with Crippen molar-refractivity contribution >= 4 is 37.0 Å². The zero-order valence-electron chi connectivity index (χ0n) is 12.6. The van der Waals surface area contributed by atoms with E-state index in [1.165, 1.54) is 15.9 Å². The van der Waals surface area contributed by atoms with E-state index in [4.69, 9.17) is 0 Å². The molecule has 0 bridgehead atoms. The van der Waals surface area contributed by atoms with Gasteiger partial charge >= 0.3 is 0 Å². The lowest BCUT2D eigenvalue weighted by Gasteiger charge is -2.03. The Bertz CT molecular complexity index is 1220. The number of nitrogens with one attached hydrogen (secondary N) is 1. The summed E-state index contributed by atoms with van der Waals surface area (Å²) in [6.45, 7) is 1.99. The molecule has 24 heavy (non-hydrogen) atoms. The van der Waals surface area contributed by atoms with Crippen molar-refractivity contribution in [2.24, 2.45) is 0 Å². The van der Waals surface area contributed by atoms with Gasteiger partial charge in [0.15, 0.2) is 5.65 Å². The number of hydrogen-bond donors (Lipinski definition) is 1. The average molecular weight is 360 g/mol. The summed E-state index contributed by atoms with van der Waals surface area (Å²) in [5.41, 5.74) is 1.14. The van der Waals surface area contributed by atoms with Crippen LogP contribution in [0.2, 0.25) is 0 Å². The number of benzene rings is 1. The summed E-state index contributed by atoms with van der Waals surface area (Å²) in [5, 5.41) is 8.04. The lowest BCUT2D eigenvalue weighted by Crippen LogP contribution is -2.10. The molecular formula is C15H12N4O3S2. The van der Waals surface area contributed by atoms with E-state index in [0.29, 0.717) is 10.2 Å². The first-order chi connectivity index (χ1) is 11.5. The normalized spacial score (nSPS) is 12.2.